The molecule has 6 nitrogen and oxygen atoms in total. The van der Waals surface area contributed by atoms with Crippen LogP contribution in [0.1, 0.15) is 33.6 Å². The molecule has 1 heterocycles. The van der Waals surface area contributed by atoms with Crippen molar-refractivity contribution in [1.29, 1.82) is 0 Å². The lowest BCUT2D eigenvalue weighted by Crippen LogP contribution is -2.15. The minimum absolute atomic E-state index is 0.0709. The molecule has 0 bridgehead atoms. The van der Waals surface area contributed by atoms with Gasteiger partial charge in [-0.05, 0) is 50.2 Å². The average molecular weight is 381 g/mol. The summed E-state index contributed by atoms with van der Waals surface area (Å²) in [5, 5.41) is 6.51. The predicted octanol–water partition coefficient (Wildman–Crippen LogP) is 4.64. The molecule has 0 saturated heterocycles. The molecule has 0 aliphatic heterocycles. The molecule has 0 saturated carbocycles. The van der Waals surface area contributed by atoms with Crippen LogP contribution < -0.4 is 10.6 Å². The number of hydrogen-bond acceptors (Lipinski definition) is 5. The van der Waals surface area contributed by atoms with Gasteiger partial charge in [-0.25, -0.2) is 9.97 Å². The SMILES string of the molecule is CC(=O)c1cccc(NC(=O)c2cc(Nc3ccc(Cl)cc3)nc(C)n2)c1. The Morgan fingerprint density at radius 2 is 1.70 bits per heavy atom. The fourth-order valence-corrected chi connectivity index (χ4v) is 2.57. The van der Waals surface area contributed by atoms with Crippen LogP contribution in [-0.4, -0.2) is 21.7 Å². The highest BCUT2D eigenvalue weighted by Crippen LogP contribution is 2.19. The molecule has 3 rings (SSSR count). The number of aryl methyl sites for hydroxylation is 1. The van der Waals surface area contributed by atoms with Crippen molar-refractivity contribution in [3.63, 3.8) is 0 Å². The summed E-state index contributed by atoms with van der Waals surface area (Å²) in [7, 11) is 0. The van der Waals surface area contributed by atoms with Crippen LogP contribution in [0, 0.1) is 6.92 Å². The second kappa shape index (κ2) is 7.97. The first-order valence-corrected chi connectivity index (χ1v) is 8.59. The van der Waals surface area contributed by atoms with Crippen molar-refractivity contribution in [2.75, 3.05) is 10.6 Å². The van der Waals surface area contributed by atoms with Crippen LogP contribution >= 0.6 is 11.6 Å². The number of carbonyl (C=O) groups excluding carboxylic acids is 2. The van der Waals surface area contributed by atoms with Crippen LogP contribution in [0.4, 0.5) is 17.2 Å². The van der Waals surface area contributed by atoms with E-state index < -0.39 is 0 Å². The van der Waals surface area contributed by atoms with Gasteiger partial charge in [0.1, 0.15) is 17.3 Å². The van der Waals surface area contributed by atoms with Gasteiger partial charge in [0.2, 0.25) is 0 Å². The molecule has 1 aromatic heterocycles. The Labute approximate surface area is 161 Å². The van der Waals surface area contributed by atoms with Crippen LogP contribution in [-0.2, 0) is 0 Å². The number of Topliss-reactive ketones (excluding diaryl/α,β-unsaturated/α-hetero) is 1. The van der Waals surface area contributed by atoms with Crippen LogP contribution in [0.25, 0.3) is 0 Å². The summed E-state index contributed by atoms with van der Waals surface area (Å²) in [5.74, 6) is 0.489. The van der Waals surface area contributed by atoms with E-state index >= 15 is 0 Å². The van der Waals surface area contributed by atoms with E-state index in [-0.39, 0.29) is 17.4 Å². The van der Waals surface area contributed by atoms with Gasteiger partial charge < -0.3 is 10.6 Å². The highest BCUT2D eigenvalue weighted by molar-refractivity contribution is 6.30. The number of nitrogens with one attached hydrogen (secondary N) is 2. The minimum atomic E-state index is -0.389. The van der Waals surface area contributed by atoms with Crippen LogP contribution in [0.5, 0.6) is 0 Å². The molecule has 0 radical (unpaired) electrons. The van der Waals surface area contributed by atoms with E-state index in [1.807, 2.05) is 12.1 Å². The Morgan fingerprint density at radius 3 is 2.41 bits per heavy atom. The summed E-state index contributed by atoms with van der Waals surface area (Å²) in [6, 6.07) is 15.4. The van der Waals surface area contributed by atoms with E-state index in [1.165, 1.54) is 6.92 Å². The molecule has 7 heteroatoms. The van der Waals surface area contributed by atoms with Crippen molar-refractivity contribution in [3.05, 3.63) is 76.7 Å². The lowest BCUT2D eigenvalue weighted by molar-refractivity contribution is 0.100. The Bertz CT molecular complexity index is 1000. The topological polar surface area (TPSA) is 84.0 Å². The molecule has 136 valence electrons. The first kappa shape index (κ1) is 18.5. The largest absolute Gasteiger partial charge is 0.340 e. The number of anilines is 3. The molecule has 0 aliphatic carbocycles. The number of nitrogens with zero attached hydrogens (tertiary/aromatic N) is 2. The maximum Gasteiger partial charge on any atom is 0.274 e. The zero-order chi connectivity index (χ0) is 19.4. The zero-order valence-electron chi connectivity index (χ0n) is 14.8. The number of carbonyl (C=O) groups is 2. The van der Waals surface area contributed by atoms with Crippen molar-refractivity contribution in [2.45, 2.75) is 13.8 Å². The minimum Gasteiger partial charge on any atom is -0.340 e. The number of benzene rings is 2. The van der Waals surface area contributed by atoms with Crippen molar-refractivity contribution >= 4 is 40.5 Å². The molecule has 0 atom stereocenters. The molecule has 27 heavy (non-hydrogen) atoms. The third-order valence-corrected chi connectivity index (χ3v) is 3.97. The summed E-state index contributed by atoms with van der Waals surface area (Å²) >= 11 is 5.89. The number of ketones is 1. The van der Waals surface area contributed by atoms with Gasteiger partial charge in [0.15, 0.2) is 5.78 Å². The molecular formula is C20H17ClN4O2. The molecule has 0 fully saturated rings. The maximum atomic E-state index is 12.6. The summed E-state index contributed by atoms with van der Waals surface area (Å²) < 4.78 is 0. The number of hydrogen-bond donors (Lipinski definition) is 2. The van der Waals surface area contributed by atoms with Gasteiger partial charge >= 0.3 is 0 Å². The highest BCUT2D eigenvalue weighted by Gasteiger charge is 2.12. The molecule has 0 unspecified atom stereocenters. The Hall–Kier alpha value is -3.25. The molecular weight excluding hydrogens is 364 g/mol. The van der Waals surface area contributed by atoms with Gasteiger partial charge in [-0.15, -0.1) is 0 Å². The number of amides is 1. The molecule has 2 aromatic carbocycles. The molecule has 1 amide bonds. The third-order valence-electron chi connectivity index (χ3n) is 3.71. The van der Waals surface area contributed by atoms with Gasteiger partial charge in [0.05, 0.1) is 0 Å². The van der Waals surface area contributed by atoms with Crippen molar-refractivity contribution < 1.29 is 9.59 Å². The van der Waals surface area contributed by atoms with E-state index in [9.17, 15) is 9.59 Å². The molecule has 3 aromatic rings. The molecule has 2 N–H and O–H groups in total. The van der Waals surface area contributed by atoms with Gasteiger partial charge in [-0.3, -0.25) is 9.59 Å². The monoisotopic (exact) mass is 380 g/mol. The zero-order valence-corrected chi connectivity index (χ0v) is 15.5. The van der Waals surface area contributed by atoms with E-state index in [2.05, 4.69) is 20.6 Å². The smallest absolute Gasteiger partial charge is 0.274 e. The average Bonchev–Trinajstić information content (AvgIpc) is 2.63. The summed E-state index contributed by atoms with van der Waals surface area (Å²) in [5.41, 5.74) is 2.05. The van der Waals surface area contributed by atoms with Gasteiger partial charge in [-0.1, -0.05) is 23.7 Å². The lowest BCUT2D eigenvalue weighted by atomic mass is 10.1. The Kier molecular flexibility index (Phi) is 5.47. The molecule has 0 spiro atoms. The fraction of sp³-hybridized carbons (Fsp3) is 0.100. The summed E-state index contributed by atoms with van der Waals surface area (Å²) in [6.45, 7) is 3.18. The van der Waals surface area contributed by atoms with Crippen LogP contribution in [0.15, 0.2) is 54.6 Å². The standard InChI is InChI=1S/C20H17ClN4O2/c1-12(26)14-4-3-5-17(10-14)25-20(27)18-11-19(23-13(2)22-18)24-16-8-6-15(21)7-9-16/h3-11H,1-2H3,(H,25,27)(H,22,23,24). The lowest BCUT2D eigenvalue weighted by Gasteiger charge is -2.10. The normalized spacial score (nSPS) is 10.3. The fourth-order valence-electron chi connectivity index (χ4n) is 2.44. The third kappa shape index (κ3) is 4.89. The molecule has 0 aliphatic rings. The van der Waals surface area contributed by atoms with Gasteiger partial charge in [0, 0.05) is 28.0 Å². The van der Waals surface area contributed by atoms with E-state index in [0.717, 1.165) is 5.69 Å². The second-order valence-electron chi connectivity index (χ2n) is 5.91. The number of halogens is 1. The van der Waals surface area contributed by atoms with Gasteiger partial charge in [-0.2, -0.15) is 0 Å². The Balaban J connectivity index is 1.80. The first-order chi connectivity index (χ1) is 12.9. The number of rotatable bonds is 5. The quantitative estimate of drug-likeness (QED) is 0.630. The number of aromatic nitrogens is 2. The van der Waals surface area contributed by atoms with E-state index in [4.69, 9.17) is 11.6 Å². The predicted molar refractivity (Wildman–Crippen MR) is 106 cm³/mol. The van der Waals surface area contributed by atoms with Crippen molar-refractivity contribution in [1.82, 2.24) is 9.97 Å². The van der Waals surface area contributed by atoms with Gasteiger partial charge in [0.25, 0.3) is 5.91 Å². The van der Waals surface area contributed by atoms with Crippen molar-refractivity contribution in [2.24, 2.45) is 0 Å². The maximum absolute atomic E-state index is 12.6. The van der Waals surface area contributed by atoms with Crippen LogP contribution in [0.2, 0.25) is 5.02 Å². The highest BCUT2D eigenvalue weighted by atomic mass is 35.5. The van der Waals surface area contributed by atoms with Crippen LogP contribution in [0.3, 0.4) is 0 Å². The first-order valence-electron chi connectivity index (χ1n) is 8.21. The van der Waals surface area contributed by atoms with E-state index in [0.29, 0.717) is 27.9 Å². The Morgan fingerprint density at radius 1 is 0.963 bits per heavy atom. The summed E-state index contributed by atoms with van der Waals surface area (Å²) in [6.07, 6.45) is 0. The second-order valence-corrected chi connectivity index (χ2v) is 6.35. The van der Waals surface area contributed by atoms with E-state index in [1.54, 1.807) is 49.4 Å². The van der Waals surface area contributed by atoms with Crippen molar-refractivity contribution in [3.8, 4) is 0 Å². The summed E-state index contributed by atoms with van der Waals surface area (Å²) in [4.78, 5) is 32.5.